The van der Waals surface area contributed by atoms with Crippen LogP contribution in [0.5, 0.6) is 0 Å². The van der Waals surface area contributed by atoms with E-state index in [4.69, 9.17) is 11.6 Å². The number of sulfonamides is 2. The lowest BCUT2D eigenvalue weighted by molar-refractivity contribution is 0.392. The van der Waals surface area contributed by atoms with Crippen LogP contribution in [-0.4, -0.2) is 33.4 Å². The molecule has 0 amide bonds. The van der Waals surface area contributed by atoms with Gasteiger partial charge in [-0.2, -0.15) is 4.31 Å². The molecule has 0 unspecified atom stereocenters. The molecule has 26 heavy (non-hydrogen) atoms. The smallest absolute Gasteiger partial charge is 0.261 e. The highest BCUT2D eigenvalue weighted by Gasteiger charge is 2.25. The predicted octanol–water partition coefficient (Wildman–Crippen LogP) is 2.85. The monoisotopic (exact) mass is 414 g/mol. The summed E-state index contributed by atoms with van der Waals surface area (Å²) in [6.45, 7) is 2.30. The number of fused-ring (bicyclic) bond motifs is 1. The number of rotatable bonds is 5. The molecule has 2 aromatic rings. The Bertz CT molecular complexity index is 1040. The lowest BCUT2D eigenvalue weighted by atomic mass is 10.0. The van der Waals surface area contributed by atoms with E-state index in [0.29, 0.717) is 23.7 Å². The normalized spacial score (nSPS) is 15.5. The Labute approximate surface area is 158 Å². The molecule has 0 aliphatic carbocycles. The molecule has 0 radical (unpaired) electrons. The van der Waals surface area contributed by atoms with Gasteiger partial charge in [0.15, 0.2) is 0 Å². The molecule has 6 nitrogen and oxygen atoms in total. The summed E-state index contributed by atoms with van der Waals surface area (Å²) in [4.78, 5) is 0.0675. The van der Waals surface area contributed by atoms with Gasteiger partial charge in [0.25, 0.3) is 10.0 Å². The summed E-state index contributed by atoms with van der Waals surface area (Å²) < 4.78 is 53.2. The van der Waals surface area contributed by atoms with Crippen molar-refractivity contribution < 1.29 is 16.8 Å². The van der Waals surface area contributed by atoms with Crippen LogP contribution in [0, 0.1) is 0 Å². The zero-order valence-electron chi connectivity index (χ0n) is 14.1. The molecule has 140 valence electrons. The van der Waals surface area contributed by atoms with Crippen LogP contribution in [0.1, 0.15) is 18.1 Å². The first-order valence-corrected chi connectivity index (χ1v) is 11.6. The Morgan fingerprint density at radius 3 is 2.54 bits per heavy atom. The van der Waals surface area contributed by atoms with E-state index in [1.165, 1.54) is 16.4 Å². The molecular weight excluding hydrogens is 396 g/mol. The molecule has 0 spiro atoms. The minimum absolute atomic E-state index is 0.0451. The number of anilines is 1. The van der Waals surface area contributed by atoms with Crippen molar-refractivity contribution in [2.45, 2.75) is 24.8 Å². The Balaban J connectivity index is 1.87. The van der Waals surface area contributed by atoms with Crippen molar-refractivity contribution in [1.29, 1.82) is 0 Å². The van der Waals surface area contributed by atoms with Crippen LogP contribution in [0.3, 0.4) is 0 Å². The van der Waals surface area contributed by atoms with Gasteiger partial charge in [-0.3, -0.25) is 4.72 Å². The Kier molecular flexibility index (Phi) is 5.30. The number of benzene rings is 2. The number of hydrogen-bond acceptors (Lipinski definition) is 4. The molecule has 0 atom stereocenters. The van der Waals surface area contributed by atoms with Gasteiger partial charge >= 0.3 is 0 Å². The van der Waals surface area contributed by atoms with Crippen molar-refractivity contribution in [3.05, 3.63) is 58.6 Å². The molecule has 0 fully saturated rings. The lowest BCUT2D eigenvalue weighted by Gasteiger charge is -2.28. The summed E-state index contributed by atoms with van der Waals surface area (Å²) in [6.07, 6.45) is 0.607. The molecule has 3 rings (SSSR count). The minimum atomic E-state index is -3.78. The fourth-order valence-electron chi connectivity index (χ4n) is 2.86. The first kappa shape index (κ1) is 19.2. The van der Waals surface area contributed by atoms with Crippen molar-refractivity contribution in [3.8, 4) is 0 Å². The quantitative estimate of drug-likeness (QED) is 0.815. The Morgan fingerprint density at radius 2 is 1.85 bits per heavy atom. The Morgan fingerprint density at radius 1 is 1.08 bits per heavy atom. The Hall–Kier alpha value is -1.61. The average Bonchev–Trinajstić information content (AvgIpc) is 2.60. The molecule has 9 heteroatoms. The highest BCUT2D eigenvalue weighted by molar-refractivity contribution is 7.92. The fourth-order valence-corrected chi connectivity index (χ4v) is 5.28. The van der Waals surface area contributed by atoms with Gasteiger partial charge in [0.1, 0.15) is 0 Å². The van der Waals surface area contributed by atoms with E-state index in [0.717, 1.165) is 11.1 Å². The van der Waals surface area contributed by atoms with E-state index < -0.39 is 20.0 Å². The maximum Gasteiger partial charge on any atom is 0.261 e. The molecule has 0 saturated carbocycles. The second-order valence-corrected chi connectivity index (χ2v) is 10.4. The molecule has 2 aromatic carbocycles. The van der Waals surface area contributed by atoms with E-state index in [2.05, 4.69) is 4.72 Å². The van der Waals surface area contributed by atoms with E-state index in [1.54, 1.807) is 31.2 Å². The maximum absolute atomic E-state index is 12.5. The van der Waals surface area contributed by atoms with Crippen LogP contribution < -0.4 is 4.72 Å². The van der Waals surface area contributed by atoms with Gasteiger partial charge in [0.05, 0.1) is 10.6 Å². The second-order valence-electron chi connectivity index (χ2n) is 6.03. The zero-order valence-corrected chi connectivity index (χ0v) is 16.5. The largest absolute Gasteiger partial charge is 0.280 e. The van der Waals surface area contributed by atoms with Gasteiger partial charge < -0.3 is 0 Å². The highest BCUT2D eigenvalue weighted by Crippen LogP contribution is 2.26. The van der Waals surface area contributed by atoms with Gasteiger partial charge in [-0.05, 0) is 54.8 Å². The van der Waals surface area contributed by atoms with Crippen LogP contribution in [-0.2, 0) is 33.0 Å². The SMILES string of the molecule is CCS(=O)(=O)N1CCc2ccc(NS(=O)(=O)c3cccc(Cl)c3)cc2C1. The van der Waals surface area contributed by atoms with Gasteiger partial charge in [0.2, 0.25) is 10.0 Å². The van der Waals surface area contributed by atoms with E-state index in [1.807, 2.05) is 6.07 Å². The van der Waals surface area contributed by atoms with Crippen LogP contribution in [0.25, 0.3) is 0 Å². The third kappa shape index (κ3) is 4.03. The van der Waals surface area contributed by atoms with Crippen LogP contribution >= 0.6 is 11.6 Å². The highest BCUT2D eigenvalue weighted by atomic mass is 35.5. The number of nitrogens with zero attached hydrogens (tertiary/aromatic N) is 1. The van der Waals surface area contributed by atoms with Gasteiger partial charge in [0, 0.05) is 23.8 Å². The molecular formula is C17H19ClN2O4S2. The molecule has 0 aromatic heterocycles. The van der Waals surface area contributed by atoms with Crippen molar-refractivity contribution in [2.75, 3.05) is 17.0 Å². The van der Waals surface area contributed by atoms with Crippen LogP contribution in [0.15, 0.2) is 47.4 Å². The molecule has 1 N–H and O–H groups in total. The van der Waals surface area contributed by atoms with E-state index >= 15 is 0 Å². The van der Waals surface area contributed by atoms with E-state index in [9.17, 15) is 16.8 Å². The van der Waals surface area contributed by atoms with Crippen molar-refractivity contribution in [1.82, 2.24) is 4.31 Å². The first-order chi connectivity index (χ1) is 12.2. The number of halogens is 1. The second kappa shape index (κ2) is 7.19. The molecule has 1 heterocycles. The lowest BCUT2D eigenvalue weighted by Crippen LogP contribution is -2.36. The summed E-state index contributed by atoms with van der Waals surface area (Å²) in [5.74, 6) is 0.0451. The number of nitrogens with one attached hydrogen (secondary N) is 1. The summed E-state index contributed by atoms with van der Waals surface area (Å²) in [7, 11) is -7.05. The van der Waals surface area contributed by atoms with Gasteiger partial charge in [-0.25, -0.2) is 16.8 Å². The standard InChI is InChI=1S/C17H19ClN2O4S2/c1-2-25(21,22)20-9-8-13-6-7-16(10-14(13)12-20)19-26(23,24)17-5-3-4-15(18)11-17/h3-7,10-11,19H,2,8-9,12H2,1H3. The predicted molar refractivity (Wildman–Crippen MR) is 102 cm³/mol. The summed E-state index contributed by atoms with van der Waals surface area (Å²) in [5, 5.41) is 0.332. The average molecular weight is 415 g/mol. The maximum atomic E-state index is 12.5. The third-order valence-corrected chi connectivity index (χ3v) is 7.74. The van der Waals surface area contributed by atoms with Crippen LogP contribution in [0.4, 0.5) is 5.69 Å². The topological polar surface area (TPSA) is 83.6 Å². The van der Waals surface area contributed by atoms with Crippen molar-refractivity contribution in [2.24, 2.45) is 0 Å². The van der Waals surface area contributed by atoms with Crippen molar-refractivity contribution >= 4 is 37.3 Å². The van der Waals surface area contributed by atoms with Crippen molar-refractivity contribution in [3.63, 3.8) is 0 Å². The molecule has 0 saturated heterocycles. The molecule has 1 aliphatic rings. The third-order valence-electron chi connectivity index (χ3n) is 4.30. The zero-order chi connectivity index (χ0) is 18.9. The summed E-state index contributed by atoms with van der Waals surface area (Å²) in [5.41, 5.74) is 2.22. The summed E-state index contributed by atoms with van der Waals surface area (Å²) >= 11 is 5.87. The summed E-state index contributed by atoms with van der Waals surface area (Å²) in [6, 6.07) is 11.2. The molecule has 1 aliphatic heterocycles. The fraction of sp³-hybridized carbons (Fsp3) is 0.294. The van der Waals surface area contributed by atoms with Gasteiger partial charge in [-0.1, -0.05) is 23.7 Å². The van der Waals surface area contributed by atoms with Gasteiger partial charge in [-0.15, -0.1) is 0 Å². The number of hydrogen-bond donors (Lipinski definition) is 1. The van der Waals surface area contributed by atoms with Crippen LogP contribution in [0.2, 0.25) is 5.02 Å². The van der Waals surface area contributed by atoms with E-state index in [-0.39, 0.29) is 17.2 Å². The first-order valence-electron chi connectivity index (χ1n) is 8.09. The minimum Gasteiger partial charge on any atom is -0.280 e. The molecule has 0 bridgehead atoms.